The summed E-state index contributed by atoms with van der Waals surface area (Å²) in [5.41, 5.74) is 34.6. The lowest BCUT2D eigenvalue weighted by atomic mass is 9.70. The van der Waals surface area contributed by atoms with E-state index in [9.17, 15) is 0 Å². The summed E-state index contributed by atoms with van der Waals surface area (Å²) in [6.07, 6.45) is 0. The van der Waals surface area contributed by atoms with Crippen molar-refractivity contribution in [1.82, 2.24) is 4.40 Å². The van der Waals surface area contributed by atoms with E-state index in [1.54, 1.807) is 0 Å². The lowest BCUT2D eigenvalue weighted by molar-refractivity contribution is 0.646. The Morgan fingerprint density at radius 1 is 0.296 bits per heavy atom. The summed E-state index contributed by atoms with van der Waals surface area (Å²) in [7, 11) is -1.27. The zero-order valence-corrected chi connectivity index (χ0v) is 45.0. The standard InChI is InChI=1S/C76H44NO3P/c1-41-27-33-63-65(35-41)78-66-40-54(44-29-31-53-51-20-8-14-26-60(51)76(62(53)39-44)57-23-11-5-17-48(57)49-18-6-12-24-58(49)76)71-74-69(66)77(63)64-34-32-45(70-72(64)81(74)73-67(79-70)36-42(2)37-68(73)80-71)43-28-30-52-50-19-7-13-25-59(50)75(61(52)38-43)55-21-9-3-15-46(55)47-16-4-10-22-56(47)75/h3-40H,1-2H3. The Hall–Kier alpha value is -9.86. The molecule has 0 radical (unpaired) electrons. The second-order valence-electron chi connectivity index (χ2n) is 23.1. The van der Waals surface area contributed by atoms with Crippen molar-refractivity contribution in [2.45, 2.75) is 24.7 Å². The maximum absolute atomic E-state index is 7.57. The molecule has 4 nitrogen and oxygen atoms in total. The van der Waals surface area contributed by atoms with Crippen molar-refractivity contribution in [2.75, 3.05) is 0 Å². The average molecular weight is 1050 g/mol. The van der Waals surface area contributed by atoms with Gasteiger partial charge < -0.3 is 17.7 Å². The average Bonchev–Trinajstić information content (AvgIpc) is 2.71. The van der Waals surface area contributed by atoms with Crippen LogP contribution in [0.1, 0.15) is 55.6 Å². The Kier molecular flexibility index (Phi) is 7.81. The van der Waals surface area contributed by atoms with Crippen LogP contribution in [0.3, 0.4) is 0 Å². The smallest absolute Gasteiger partial charge is 0.153 e. The molecule has 0 aliphatic heterocycles. The first-order valence-electron chi connectivity index (χ1n) is 28.1. The molecule has 81 heavy (non-hydrogen) atoms. The van der Waals surface area contributed by atoms with Crippen molar-refractivity contribution in [2.24, 2.45) is 0 Å². The largest absolute Gasteiger partial charge is 0.454 e. The fourth-order valence-electron chi connectivity index (χ4n) is 16.3. The van der Waals surface area contributed by atoms with E-state index < -0.39 is 18.2 Å². The van der Waals surface area contributed by atoms with E-state index in [-0.39, 0.29) is 0 Å². The van der Waals surface area contributed by atoms with Crippen LogP contribution in [0.15, 0.2) is 244 Å². The third-order valence-corrected chi connectivity index (χ3v) is 21.9. The third-order valence-electron chi connectivity index (χ3n) is 19.2. The molecular formula is C76H44NO3P. The molecule has 0 saturated heterocycles. The molecule has 5 heteroatoms. The fourth-order valence-corrected chi connectivity index (χ4v) is 19.2. The van der Waals surface area contributed by atoms with Gasteiger partial charge in [-0.05, 0) is 180 Å². The highest BCUT2D eigenvalue weighted by molar-refractivity contribution is 7.63. The Labute approximate surface area is 465 Å². The van der Waals surface area contributed by atoms with Gasteiger partial charge in [-0.2, -0.15) is 0 Å². The lowest BCUT2D eigenvalue weighted by Crippen LogP contribution is -2.25. The van der Waals surface area contributed by atoms with Gasteiger partial charge >= 0.3 is 0 Å². The second-order valence-corrected chi connectivity index (χ2v) is 25.1. The number of fused-ring (bicyclic) bond motifs is 23. The van der Waals surface area contributed by atoms with Gasteiger partial charge in [0.2, 0.25) is 0 Å². The van der Waals surface area contributed by atoms with Crippen LogP contribution < -0.4 is 0 Å². The molecule has 20 rings (SSSR count). The zero-order chi connectivity index (χ0) is 52.8. The van der Waals surface area contributed by atoms with E-state index in [1.807, 2.05) is 0 Å². The normalized spacial score (nSPS) is 14.7. The van der Waals surface area contributed by atoms with Gasteiger partial charge in [0.1, 0.15) is 27.8 Å². The summed E-state index contributed by atoms with van der Waals surface area (Å²) in [6.45, 7) is 4.30. The van der Waals surface area contributed by atoms with Crippen molar-refractivity contribution >= 4 is 72.7 Å². The minimum Gasteiger partial charge on any atom is -0.454 e. The van der Waals surface area contributed by atoms with E-state index in [4.69, 9.17) is 13.3 Å². The van der Waals surface area contributed by atoms with Gasteiger partial charge in [-0.15, -0.1) is 0 Å². The van der Waals surface area contributed by atoms with Crippen molar-refractivity contribution in [1.29, 1.82) is 0 Å². The topological polar surface area (TPSA) is 43.8 Å². The summed E-state index contributed by atoms with van der Waals surface area (Å²) in [5.74, 6) is 0. The van der Waals surface area contributed by atoms with Crippen LogP contribution in [0.2, 0.25) is 0 Å². The highest BCUT2D eigenvalue weighted by Gasteiger charge is 2.53. The molecule has 16 aromatic rings. The number of aromatic nitrogens is 1. The van der Waals surface area contributed by atoms with E-state index in [0.29, 0.717) is 0 Å². The minimum atomic E-state index is -1.27. The minimum absolute atomic E-state index is 0.481. The van der Waals surface area contributed by atoms with Gasteiger partial charge in [-0.1, -0.05) is 183 Å². The summed E-state index contributed by atoms with van der Waals surface area (Å²) in [5, 5.41) is 3.48. The second kappa shape index (κ2) is 14.7. The molecule has 1 atom stereocenters. The zero-order valence-electron chi connectivity index (χ0n) is 44.1. The maximum atomic E-state index is 7.57. The molecule has 1 unspecified atom stereocenters. The SMILES string of the molecule is Cc1ccc2c(c1)oc1cc(-c3ccc4c(c3)C3(c5ccccc5-c5ccccc53)c3ccccc3-4)c3oc4cc(C)cc5oc6c(-c7ccc8c(c7)C7(c9ccccc9-c9ccccc97)c7ccccc7-8)ccc7c6p(c54)c3c1n27. The molecule has 4 aromatic heterocycles. The predicted molar refractivity (Wildman–Crippen MR) is 330 cm³/mol. The van der Waals surface area contributed by atoms with Gasteiger partial charge in [-0.25, -0.2) is 0 Å². The van der Waals surface area contributed by atoms with Gasteiger partial charge in [0.05, 0.1) is 37.2 Å². The van der Waals surface area contributed by atoms with E-state index in [0.717, 1.165) is 93.7 Å². The molecule has 0 N–H and O–H groups in total. The van der Waals surface area contributed by atoms with Crippen LogP contribution in [0, 0.1) is 13.8 Å². The molecular weight excluding hydrogens is 1010 g/mol. The van der Waals surface area contributed by atoms with Gasteiger partial charge in [0.25, 0.3) is 0 Å². The van der Waals surface area contributed by atoms with Gasteiger partial charge in [-0.3, -0.25) is 0 Å². The molecule has 12 aromatic carbocycles. The highest BCUT2D eigenvalue weighted by Crippen LogP contribution is 2.66. The van der Waals surface area contributed by atoms with Gasteiger partial charge in [0.15, 0.2) is 11.2 Å². The molecule has 0 saturated carbocycles. The highest BCUT2D eigenvalue weighted by atomic mass is 31.1. The third kappa shape index (κ3) is 4.96. The molecule has 4 heterocycles. The van der Waals surface area contributed by atoms with Crippen molar-refractivity contribution in [3.63, 3.8) is 0 Å². The molecule has 2 spiro atoms. The van der Waals surface area contributed by atoms with Crippen LogP contribution in [-0.4, -0.2) is 4.40 Å². The van der Waals surface area contributed by atoms with Crippen LogP contribution >= 0.6 is 7.34 Å². The Balaban J connectivity index is 0.907. The molecule has 4 aliphatic carbocycles. The first-order chi connectivity index (χ1) is 40.0. The summed E-state index contributed by atoms with van der Waals surface area (Å²) in [4.78, 5) is 0. The maximum Gasteiger partial charge on any atom is 0.153 e. The van der Waals surface area contributed by atoms with Crippen LogP contribution in [0.25, 0.3) is 132 Å². The Morgan fingerprint density at radius 2 is 0.704 bits per heavy atom. The van der Waals surface area contributed by atoms with Gasteiger partial charge in [0, 0.05) is 11.1 Å². The van der Waals surface area contributed by atoms with Crippen molar-refractivity contribution in [3.05, 3.63) is 286 Å². The van der Waals surface area contributed by atoms with E-state index in [1.165, 1.54) is 94.1 Å². The van der Waals surface area contributed by atoms with Crippen LogP contribution in [0.5, 0.6) is 0 Å². The van der Waals surface area contributed by atoms with Crippen molar-refractivity contribution in [3.8, 4) is 66.8 Å². The molecule has 0 amide bonds. The Bertz CT molecular complexity index is 5450. The van der Waals surface area contributed by atoms with Crippen LogP contribution in [-0.2, 0) is 10.8 Å². The Morgan fingerprint density at radius 3 is 1.20 bits per heavy atom. The van der Waals surface area contributed by atoms with E-state index in [2.05, 4.69) is 249 Å². The predicted octanol–water partition coefficient (Wildman–Crippen LogP) is 20.6. The number of benzene rings is 12. The van der Waals surface area contributed by atoms with Crippen molar-refractivity contribution < 1.29 is 13.3 Å². The number of hydrogen-bond acceptors (Lipinski definition) is 3. The molecule has 4 aliphatic rings. The number of hydrogen-bond donors (Lipinski definition) is 0. The first kappa shape index (κ1) is 43.1. The number of aryl methyl sites for hydroxylation is 2. The summed E-state index contributed by atoms with van der Waals surface area (Å²) in [6, 6.07) is 86.7. The molecule has 376 valence electrons. The quantitative estimate of drug-likeness (QED) is 0.128. The molecule has 0 bridgehead atoms. The number of nitrogens with zero attached hydrogens (tertiary/aromatic N) is 1. The molecule has 0 fully saturated rings. The van der Waals surface area contributed by atoms with E-state index >= 15 is 0 Å². The fraction of sp³-hybridized carbons (Fsp3) is 0.0526. The number of rotatable bonds is 2. The monoisotopic (exact) mass is 1050 g/mol. The van der Waals surface area contributed by atoms with Crippen LogP contribution in [0.4, 0.5) is 0 Å². The summed E-state index contributed by atoms with van der Waals surface area (Å²) >= 11 is 0. The first-order valence-corrected chi connectivity index (χ1v) is 29.5. The lowest BCUT2D eigenvalue weighted by Gasteiger charge is -2.30. The summed E-state index contributed by atoms with van der Waals surface area (Å²) < 4.78 is 24.9.